The van der Waals surface area contributed by atoms with E-state index >= 15 is 0 Å². The zero-order valence-corrected chi connectivity index (χ0v) is 17.2. The molecule has 2 N–H and O–H groups in total. The summed E-state index contributed by atoms with van der Waals surface area (Å²) in [5, 5.41) is 11.9. The summed E-state index contributed by atoms with van der Waals surface area (Å²) in [6, 6.07) is 13.9. The first-order valence-corrected chi connectivity index (χ1v) is 9.61. The van der Waals surface area contributed by atoms with Crippen molar-refractivity contribution in [2.75, 3.05) is 13.6 Å². The fourth-order valence-corrected chi connectivity index (χ4v) is 3.16. The quantitative estimate of drug-likeness (QED) is 0.494. The predicted molar refractivity (Wildman–Crippen MR) is 114 cm³/mol. The normalized spacial score (nSPS) is 11.5. The van der Waals surface area contributed by atoms with E-state index in [4.69, 9.17) is 11.6 Å². The summed E-state index contributed by atoms with van der Waals surface area (Å²) < 4.78 is 1.85. The van der Waals surface area contributed by atoms with Crippen LogP contribution in [-0.2, 0) is 13.0 Å². The Kier molecular flexibility index (Phi) is 6.66. The summed E-state index contributed by atoms with van der Waals surface area (Å²) >= 11 is 6.20. The molecule has 0 amide bonds. The molecule has 0 unspecified atom stereocenters. The number of nitrogens with zero attached hydrogens (tertiary/aromatic N) is 4. The van der Waals surface area contributed by atoms with Crippen molar-refractivity contribution in [1.82, 2.24) is 25.4 Å². The summed E-state index contributed by atoms with van der Waals surface area (Å²) in [6.45, 7) is 5.39. The lowest BCUT2D eigenvalue weighted by Gasteiger charge is -2.12. The van der Waals surface area contributed by atoms with Gasteiger partial charge in [0.05, 0.1) is 5.69 Å². The second-order valence-electron chi connectivity index (χ2n) is 6.56. The van der Waals surface area contributed by atoms with Gasteiger partial charge in [-0.15, -0.1) is 0 Å². The van der Waals surface area contributed by atoms with Gasteiger partial charge in [-0.2, -0.15) is 5.10 Å². The highest BCUT2D eigenvalue weighted by molar-refractivity contribution is 6.31. The number of aromatic nitrogens is 3. The van der Waals surface area contributed by atoms with Gasteiger partial charge < -0.3 is 10.6 Å². The van der Waals surface area contributed by atoms with Crippen LogP contribution in [0, 0.1) is 13.8 Å². The second kappa shape index (κ2) is 9.37. The number of nitrogens with one attached hydrogen (secondary N) is 2. The molecule has 3 rings (SSSR count). The molecular formula is C21H25ClN6. The predicted octanol–water partition coefficient (Wildman–Crippen LogP) is 3.45. The van der Waals surface area contributed by atoms with Crippen molar-refractivity contribution < 1.29 is 0 Å². The van der Waals surface area contributed by atoms with E-state index in [1.807, 2.05) is 67.2 Å². The standard InChI is InChI=1S/C21H25ClN6/c1-15-12-16(2)28(27-15)20-9-8-17(13-25-20)14-26-21(23-3)24-11-10-18-6-4-5-7-19(18)22/h4-9,12-13H,10-11,14H2,1-3H3,(H2,23,24,26). The summed E-state index contributed by atoms with van der Waals surface area (Å²) in [6.07, 6.45) is 2.69. The maximum absolute atomic E-state index is 6.20. The largest absolute Gasteiger partial charge is 0.356 e. The topological polar surface area (TPSA) is 67.1 Å². The van der Waals surface area contributed by atoms with E-state index in [2.05, 4.69) is 25.7 Å². The first kappa shape index (κ1) is 19.9. The Morgan fingerprint density at radius 3 is 2.61 bits per heavy atom. The number of halogens is 1. The molecular weight excluding hydrogens is 372 g/mol. The molecule has 0 atom stereocenters. The number of hydrogen-bond donors (Lipinski definition) is 2. The van der Waals surface area contributed by atoms with Crippen LogP contribution < -0.4 is 10.6 Å². The molecule has 28 heavy (non-hydrogen) atoms. The highest BCUT2D eigenvalue weighted by atomic mass is 35.5. The van der Waals surface area contributed by atoms with E-state index < -0.39 is 0 Å². The zero-order chi connectivity index (χ0) is 19.9. The number of pyridine rings is 1. The van der Waals surface area contributed by atoms with Crippen LogP contribution in [0.1, 0.15) is 22.5 Å². The third-order valence-electron chi connectivity index (χ3n) is 4.36. The molecule has 6 nitrogen and oxygen atoms in total. The number of rotatable bonds is 6. The molecule has 0 spiro atoms. The van der Waals surface area contributed by atoms with Crippen molar-refractivity contribution >= 4 is 17.6 Å². The van der Waals surface area contributed by atoms with Crippen LogP contribution in [-0.4, -0.2) is 34.3 Å². The first-order chi connectivity index (χ1) is 13.6. The van der Waals surface area contributed by atoms with Crippen molar-refractivity contribution in [2.24, 2.45) is 4.99 Å². The SMILES string of the molecule is CN=C(NCCc1ccccc1Cl)NCc1ccc(-n2nc(C)cc2C)nc1. The minimum Gasteiger partial charge on any atom is -0.356 e. The minimum atomic E-state index is 0.635. The second-order valence-corrected chi connectivity index (χ2v) is 6.96. The van der Waals surface area contributed by atoms with Crippen LogP contribution in [0.3, 0.4) is 0 Å². The van der Waals surface area contributed by atoms with E-state index in [-0.39, 0.29) is 0 Å². The lowest BCUT2D eigenvalue weighted by atomic mass is 10.1. The van der Waals surface area contributed by atoms with E-state index in [9.17, 15) is 0 Å². The van der Waals surface area contributed by atoms with Crippen LogP contribution in [0.2, 0.25) is 5.02 Å². The molecule has 1 aromatic carbocycles. The van der Waals surface area contributed by atoms with Crippen molar-refractivity contribution in [3.63, 3.8) is 0 Å². The average Bonchev–Trinajstić information content (AvgIpc) is 3.04. The van der Waals surface area contributed by atoms with Gasteiger partial charge >= 0.3 is 0 Å². The maximum Gasteiger partial charge on any atom is 0.191 e. The van der Waals surface area contributed by atoms with Gasteiger partial charge in [-0.1, -0.05) is 35.9 Å². The molecule has 0 aliphatic carbocycles. The number of hydrogen-bond acceptors (Lipinski definition) is 3. The molecule has 0 bridgehead atoms. The molecule has 7 heteroatoms. The smallest absolute Gasteiger partial charge is 0.191 e. The van der Waals surface area contributed by atoms with Gasteiger partial charge in [0, 0.05) is 37.1 Å². The molecule has 0 saturated heterocycles. The van der Waals surface area contributed by atoms with Crippen molar-refractivity contribution in [1.29, 1.82) is 0 Å². The van der Waals surface area contributed by atoms with E-state index in [1.165, 1.54) is 0 Å². The highest BCUT2D eigenvalue weighted by Crippen LogP contribution is 2.14. The molecule has 3 aromatic rings. The number of aryl methyl sites for hydroxylation is 2. The van der Waals surface area contributed by atoms with Crippen molar-refractivity contribution in [3.8, 4) is 5.82 Å². The Morgan fingerprint density at radius 1 is 1.14 bits per heavy atom. The maximum atomic E-state index is 6.20. The fourth-order valence-electron chi connectivity index (χ4n) is 2.93. The Hall–Kier alpha value is -2.86. The number of guanidine groups is 1. The Morgan fingerprint density at radius 2 is 1.96 bits per heavy atom. The average molecular weight is 397 g/mol. The van der Waals surface area contributed by atoms with Crippen molar-refractivity contribution in [2.45, 2.75) is 26.8 Å². The van der Waals surface area contributed by atoms with Crippen LogP contribution >= 0.6 is 11.6 Å². The van der Waals surface area contributed by atoms with Crippen molar-refractivity contribution in [3.05, 3.63) is 76.2 Å². The van der Waals surface area contributed by atoms with Gasteiger partial charge in [0.25, 0.3) is 0 Å². The fraction of sp³-hybridized carbons (Fsp3) is 0.286. The molecule has 0 fully saturated rings. The van der Waals surface area contributed by atoms with Gasteiger partial charge in [-0.05, 0) is 49.6 Å². The molecule has 2 heterocycles. The third kappa shape index (κ3) is 5.10. The molecule has 146 valence electrons. The van der Waals surface area contributed by atoms with Crippen LogP contribution in [0.4, 0.5) is 0 Å². The van der Waals surface area contributed by atoms with Gasteiger partial charge in [0.1, 0.15) is 0 Å². The summed E-state index contributed by atoms with van der Waals surface area (Å²) in [7, 11) is 1.76. The summed E-state index contributed by atoms with van der Waals surface area (Å²) in [4.78, 5) is 8.79. The Balaban J connectivity index is 1.51. The van der Waals surface area contributed by atoms with Gasteiger partial charge in [0.15, 0.2) is 11.8 Å². The monoisotopic (exact) mass is 396 g/mol. The van der Waals surface area contributed by atoms with Gasteiger partial charge in [-0.3, -0.25) is 4.99 Å². The van der Waals surface area contributed by atoms with Gasteiger partial charge in [-0.25, -0.2) is 9.67 Å². The third-order valence-corrected chi connectivity index (χ3v) is 4.73. The Bertz CT molecular complexity index is 946. The first-order valence-electron chi connectivity index (χ1n) is 9.23. The zero-order valence-electron chi connectivity index (χ0n) is 16.4. The lowest BCUT2D eigenvalue weighted by molar-refractivity contribution is 0.784. The number of benzene rings is 1. The highest BCUT2D eigenvalue weighted by Gasteiger charge is 2.05. The molecule has 0 aliphatic rings. The van der Waals surface area contributed by atoms with E-state index in [0.717, 1.165) is 52.3 Å². The molecule has 2 aromatic heterocycles. The van der Waals surface area contributed by atoms with Crippen LogP contribution in [0.15, 0.2) is 53.7 Å². The van der Waals surface area contributed by atoms with Crippen LogP contribution in [0.5, 0.6) is 0 Å². The number of aliphatic imine (C=N–C) groups is 1. The van der Waals surface area contributed by atoms with Crippen LogP contribution in [0.25, 0.3) is 5.82 Å². The van der Waals surface area contributed by atoms with E-state index in [1.54, 1.807) is 7.05 Å². The molecule has 0 radical (unpaired) electrons. The Labute approximate surface area is 170 Å². The lowest BCUT2D eigenvalue weighted by Crippen LogP contribution is -2.37. The van der Waals surface area contributed by atoms with Gasteiger partial charge in [0.2, 0.25) is 0 Å². The van der Waals surface area contributed by atoms with E-state index in [0.29, 0.717) is 6.54 Å². The molecule has 0 saturated carbocycles. The molecule has 0 aliphatic heterocycles. The minimum absolute atomic E-state index is 0.635. The summed E-state index contributed by atoms with van der Waals surface area (Å²) in [5.74, 6) is 1.56. The summed E-state index contributed by atoms with van der Waals surface area (Å²) in [5.41, 5.74) is 4.24.